The fraction of sp³-hybridized carbons (Fsp3) is 0.407. The number of benzene rings is 1. The second-order valence-corrected chi connectivity index (χ2v) is 13.9. The van der Waals surface area contributed by atoms with Crippen molar-refractivity contribution in [1.82, 2.24) is 23.7 Å². The van der Waals surface area contributed by atoms with Crippen LogP contribution in [0.4, 0.5) is 5.69 Å². The number of carbonyl (C=O) groups excluding carboxylic acids is 2. The molecule has 14 heteroatoms. The highest BCUT2D eigenvalue weighted by Crippen LogP contribution is 2.35. The van der Waals surface area contributed by atoms with Crippen LogP contribution in [-0.2, 0) is 46.5 Å². The molecule has 4 aromatic rings. The lowest BCUT2D eigenvalue weighted by molar-refractivity contribution is -0.119. The Hall–Kier alpha value is -3.91. The average molecular weight is 597 g/mol. The lowest BCUT2D eigenvalue weighted by atomic mass is 10.0. The zero-order valence-electron chi connectivity index (χ0n) is 22.7. The monoisotopic (exact) mass is 596 g/mol. The van der Waals surface area contributed by atoms with Gasteiger partial charge in [-0.05, 0) is 49.4 Å². The molecular formula is C27H28N6O6S2. The predicted octanol–water partition coefficient (Wildman–Crippen LogP) is 1.88. The van der Waals surface area contributed by atoms with Crippen LogP contribution in [0.3, 0.4) is 0 Å². The summed E-state index contributed by atoms with van der Waals surface area (Å²) in [5.41, 5.74) is 0.815. The SMILES string of the molecule is Cn1c(=O)c2c(nc(S(C)(=O)=O)n2C)n(Cc2cnc(-c3cc(CC(=O)C4CC4)cc(NC(=O)C4CC4)c3)s2)c1=O. The van der Waals surface area contributed by atoms with E-state index in [0.717, 1.165) is 47.6 Å². The Balaban J connectivity index is 1.37. The van der Waals surface area contributed by atoms with Gasteiger partial charge in [-0.1, -0.05) is 0 Å². The molecule has 41 heavy (non-hydrogen) atoms. The van der Waals surface area contributed by atoms with E-state index >= 15 is 0 Å². The molecular weight excluding hydrogens is 568 g/mol. The molecule has 0 spiro atoms. The number of rotatable bonds is 9. The molecule has 3 heterocycles. The van der Waals surface area contributed by atoms with Crippen molar-refractivity contribution in [3.05, 3.63) is 55.7 Å². The van der Waals surface area contributed by atoms with Crippen LogP contribution in [0.1, 0.15) is 36.1 Å². The van der Waals surface area contributed by atoms with Crippen LogP contribution in [0, 0.1) is 11.8 Å². The number of aromatic nitrogens is 5. The van der Waals surface area contributed by atoms with Crippen LogP contribution in [-0.4, -0.2) is 50.0 Å². The highest BCUT2D eigenvalue weighted by molar-refractivity contribution is 7.90. The summed E-state index contributed by atoms with van der Waals surface area (Å²) in [5, 5.41) is 3.27. The van der Waals surface area contributed by atoms with Crippen molar-refractivity contribution in [3.63, 3.8) is 0 Å². The number of thiazole rings is 1. The van der Waals surface area contributed by atoms with Crippen LogP contribution in [0.25, 0.3) is 21.7 Å². The Morgan fingerprint density at radius 3 is 2.41 bits per heavy atom. The quantitative estimate of drug-likeness (QED) is 0.307. The van der Waals surface area contributed by atoms with Crippen molar-refractivity contribution >= 4 is 49.7 Å². The fourth-order valence-corrected chi connectivity index (χ4v) is 6.61. The number of aryl methyl sites for hydroxylation is 1. The van der Waals surface area contributed by atoms with Crippen LogP contribution in [0.15, 0.2) is 39.1 Å². The summed E-state index contributed by atoms with van der Waals surface area (Å²) in [4.78, 5) is 60.3. The highest BCUT2D eigenvalue weighted by Gasteiger charge is 2.31. The van der Waals surface area contributed by atoms with Gasteiger partial charge >= 0.3 is 5.69 Å². The van der Waals surface area contributed by atoms with Gasteiger partial charge in [0, 0.05) is 60.9 Å². The first-order chi connectivity index (χ1) is 19.4. The van der Waals surface area contributed by atoms with Crippen LogP contribution >= 0.6 is 11.3 Å². The smallest absolute Gasteiger partial charge is 0.326 e. The molecule has 6 rings (SSSR count). The molecule has 0 radical (unpaired) electrons. The number of hydrogen-bond acceptors (Lipinski definition) is 9. The minimum atomic E-state index is -3.76. The number of ketones is 1. The number of fused-ring (bicyclic) bond motifs is 1. The first-order valence-corrected chi connectivity index (χ1v) is 15.9. The van der Waals surface area contributed by atoms with Gasteiger partial charge in [0.15, 0.2) is 11.2 Å². The zero-order chi connectivity index (χ0) is 29.2. The molecule has 0 saturated heterocycles. The van der Waals surface area contributed by atoms with Crippen molar-refractivity contribution in [3.8, 4) is 10.6 Å². The summed E-state index contributed by atoms with van der Waals surface area (Å²) in [5.74, 6) is 0.279. The number of nitrogens with one attached hydrogen (secondary N) is 1. The fourth-order valence-electron chi connectivity index (χ4n) is 4.88. The van der Waals surface area contributed by atoms with E-state index in [9.17, 15) is 27.6 Å². The third-order valence-electron chi connectivity index (χ3n) is 7.38. The Labute approximate surface area is 238 Å². The Morgan fingerprint density at radius 1 is 1.05 bits per heavy atom. The standard InChI is InChI=1S/C27H28N6O6S2/c1-31-21-22(30-26(31)41(3,38)39)33(27(37)32(2)25(21)36)13-19-12-28-24(40-19)17-8-14(10-20(34)15-4-5-15)9-18(11-17)29-23(35)16-6-7-16/h8-9,11-12,15-16H,4-7,10,13H2,1-3H3,(H,29,35). The van der Waals surface area contributed by atoms with Gasteiger partial charge in [0.2, 0.25) is 20.9 Å². The molecule has 2 aliphatic carbocycles. The van der Waals surface area contributed by atoms with E-state index in [4.69, 9.17) is 0 Å². The van der Waals surface area contributed by atoms with Crippen LogP contribution < -0.4 is 16.6 Å². The maximum atomic E-state index is 13.1. The normalized spacial score (nSPS) is 15.4. The van der Waals surface area contributed by atoms with Crippen molar-refractivity contribution < 1.29 is 18.0 Å². The van der Waals surface area contributed by atoms with Crippen LogP contribution in [0.2, 0.25) is 0 Å². The number of amides is 1. The van der Waals surface area contributed by atoms with Crippen molar-refractivity contribution in [2.24, 2.45) is 25.9 Å². The number of nitrogens with zero attached hydrogens (tertiary/aromatic N) is 5. The van der Waals surface area contributed by atoms with E-state index < -0.39 is 21.1 Å². The van der Waals surface area contributed by atoms with Gasteiger partial charge < -0.3 is 9.88 Å². The summed E-state index contributed by atoms with van der Waals surface area (Å²) in [6.07, 6.45) is 6.44. The van der Waals surface area contributed by atoms with Crippen molar-refractivity contribution in [2.75, 3.05) is 11.6 Å². The van der Waals surface area contributed by atoms with E-state index in [1.165, 1.54) is 34.6 Å². The molecule has 214 valence electrons. The zero-order valence-corrected chi connectivity index (χ0v) is 24.3. The molecule has 2 saturated carbocycles. The first kappa shape index (κ1) is 27.3. The largest absolute Gasteiger partial charge is 0.332 e. The number of Topliss-reactive ketones (excluding diaryl/α,β-unsaturated/α-hetero) is 1. The van der Waals surface area contributed by atoms with E-state index in [2.05, 4.69) is 15.3 Å². The van der Waals surface area contributed by atoms with Gasteiger partial charge in [0.05, 0.1) is 6.54 Å². The topological polar surface area (TPSA) is 155 Å². The van der Waals surface area contributed by atoms with E-state index in [0.29, 0.717) is 15.6 Å². The van der Waals surface area contributed by atoms with E-state index in [1.807, 2.05) is 18.2 Å². The summed E-state index contributed by atoms with van der Waals surface area (Å²) >= 11 is 1.31. The van der Waals surface area contributed by atoms with E-state index in [-0.39, 0.29) is 52.8 Å². The van der Waals surface area contributed by atoms with Gasteiger partial charge in [0.25, 0.3) is 5.56 Å². The highest BCUT2D eigenvalue weighted by atomic mass is 32.2. The molecule has 0 bridgehead atoms. The molecule has 0 atom stereocenters. The van der Waals surface area contributed by atoms with Gasteiger partial charge in [-0.3, -0.25) is 23.5 Å². The lowest BCUT2D eigenvalue weighted by Crippen LogP contribution is -2.38. The maximum Gasteiger partial charge on any atom is 0.332 e. The Bertz CT molecular complexity index is 1930. The van der Waals surface area contributed by atoms with Crippen LogP contribution in [0.5, 0.6) is 0 Å². The minimum absolute atomic E-state index is 0.00124. The molecule has 1 N–H and O–H groups in total. The summed E-state index contributed by atoms with van der Waals surface area (Å²) in [6, 6.07) is 5.55. The average Bonchev–Trinajstić information content (AvgIpc) is 3.84. The van der Waals surface area contributed by atoms with E-state index in [1.54, 1.807) is 6.20 Å². The van der Waals surface area contributed by atoms with Gasteiger partial charge in [-0.25, -0.2) is 18.2 Å². The molecule has 1 amide bonds. The first-order valence-electron chi connectivity index (χ1n) is 13.2. The van der Waals surface area contributed by atoms with Gasteiger partial charge in [-0.15, -0.1) is 11.3 Å². The molecule has 2 aliphatic rings. The molecule has 0 aliphatic heterocycles. The number of sulfone groups is 1. The third kappa shape index (κ3) is 5.28. The molecule has 12 nitrogen and oxygen atoms in total. The molecule has 3 aromatic heterocycles. The number of anilines is 1. The second kappa shape index (κ2) is 9.87. The van der Waals surface area contributed by atoms with Crippen molar-refractivity contribution in [2.45, 2.75) is 43.8 Å². The Kier molecular flexibility index (Phi) is 6.57. The second-order valence-electron chi connectivity index (χ2n) is 10.9. The predicted molar refractivity (Wildman–Crippen MR) is 153 cm³/mol. The maximum absolute atomic E-state index is 13.1. The molecule has 1 aromatic carbocycles. The van der Waals surface area contributed by atoms with Gasteiger partial charge in [0.1, 0.15) is 10.8 Å². The lowest BCUT2D eigenvalue weighted by Gasteiger charge is -2.10. The summed E-state index contributed by atoms with van der Waals surface area (Å²) in [6.45, 7) is 0.00641. The number of hydrogen-bond donors (Lipinski definition) is 1. The molecule has 0 unspecified atom stereocenters. The van der Waals surface area contributed by atoms with Gasteiger partial charge in [-0.2, -0.15) is 4.98 Å². The van der Waals surface area contributed by atoms with Crippen molar-refractivity contribution in [1.29, 1.82) is 0 Å². The summed E-state index contributed by atoms with van der Waals surface area (Å²) in [7, 11) is -1.01. The third-order valence-corrected chi connectivity index (χ3v) is 9.44. The minimum Gasteiger partial charge on any atom is -0.326 e. The summed E-state index contributed by atoms with van der Waals surface area (Å²) < 4.78 is 27.9. The number of imidazole rings is 1. The Morgan fingerprint density at radius 2 is 1.76 bits per heavy atom. The number of carbonyl (C=O) groups is 2. The molecule has 2 fully saturated rings.